The lowest BCUT2D eigenvalue weighted by Crippen LogP contribution is -2.47. The second-order valence-corrected chi connectivity index (χ2v) is 6.10. The summed E-state index contributed by atoms with van der Waals surface area (Å²) in [6, 6.07) is 5.03. The van der Waals surface area contributed by atoms with Crippen LogP contribution in [0.3, 0.4) is 0 Å². The fourth-order valence-electron chi connectivity index (χ4n) is 3.58. The number of amides is 1. The number of likely N-dealkylation sites (tertiary alicyclic amines) is 2. The second kappa shape index (κ2) is 5.16. The van der Waals surface area contributed by atoms with Crippen LogP contribution >= 0.6 is 0 Å². The van der Waals surface area contributed by atoms with Crippen molar-refractivity contribution >= 4 is 16.8 Å². The van der Waals surface area contributed by atoms with Gasteiger partial charge in [-0.25, -0.2) is 0 Å². The van der Waals surface area contributed by atoms with Crippen molar-refractivity contribution in [1.29, 1.82) is 0 Å². The van der Waals surface area contributed by atoms with Gasteiger partial charge in [-0.05, 0) is 31.7 Å². The molecule has 1 amide bonds. The van der Waals surface area contributed by atoms with Crippen LogP contribution in [0.4, 0.5) is 8.78 Å². The van der Waals surface area contributed by atoms with Crippen LogP contribution in [0.25, 0.3) is 10.9 Å². The highest BCUT2D eigenvalue weighted by Crippen LogP contribution is 2.32. The molecular formula is C15H16F2N4O2. The molecule has 1 aromatic carbocycles. The lowest BCUT2D eigenvalue weighted by molar-refractivity contribution is -0.0497. The van der Waals surface area contributed by atoms with Crippen LogP contribution in [0, 0.1) is 0 Å². The topological polar surface area (TPSA) is 61.5 Å². The number of alkyl halides is 2. The summed E-state index contributed by atoms with van der Waals surface area (Å²) in [5.74, 6) is -0.142. The van der Waals surface area contributed by atoms with Gasteiger partial charge in [0, 0.05) is 30.6 Å². The van der Waals surface area contributed by atoms with Crippen LogP contribution in [0.2, 0.25) is 0 Å². The molecule has 2 fully saturated rings. The number of H-pyrrole nitrogens is 1. The Morgan fingerprint density at radius 1 is 1.39 bits per heavy atom. The summed E-state index contributed by atoms with van der Waals surface area (Å²) in [4.78, 5) is 16.9. The maximum Gasteiger partial charge on any atom is 0.387 e. The SMILES string of the molecule is CN1C[C@@H]2C[C@H]1CN2C(=O)c1n[nH]c2ccc(OC(F)F)cc12. The number of aromatic amines is 1. The van der Waals surface area contributed by atoms with Crippen molar-refractivity contribution in [1.82, 2.24) is 20.0 Å². The number of ether oxygens (including phenoxy) is 1. The summed E-state index contributed by atoms with van der Waals surface area (Å²) >= 11 is 0. The standard InChI is InChI=1S/C15H16F2N4O2/c1-20-6-9-4-8(20)7-21(9)14(22)13-11-5-10(23-15(16)17)2-3-12(11)18-19-13/h2-3,5,8-9,15H,4,6-7H2,1H3,(H,18,19)/t8-,9-/m0/s1. The van der Waals surface area contributed by atoms with E-state index in [4.69, 9.17) is 0 Å². The molecule has 2 saturated heterocycles. The highest BCUT2D eigenvalue weighted by molar-refractivity contribution is 6.05. The van der Waals surface area contributed by atoms with Crippen LogP contribution in [-0.2, 0) is 0 Å². The van der Waals surface area contributed by atoms with Crippen LogP contribution in [-0.4, -0.2) is 64.7 Å². The number of hydrogen-bond donors (Lipinski definition) is 1. The van der Waals surface area contributed by atoms with Crippen molar-refractivity contribution in [3.63, 3.8) is 0 Å². The van der Waals surface area contributed by atoms with Gasteiger partial charge in [0.15, 0.2) is 5.69 Å². The zero-order valence-corrected chi connectivity index (χ0v) is 12.5. The van der Waals surface area contributed by atoms with Crippen molar-refractivity contribution < 1.29 is 18.3 Å². The van der Waals surface area contributed by atoms with E-state index in [1.807, 2.05) is 4.90 Å². The van der Waals surface area contributed by atoms with Crippen molar-refractivity contribution in [2.75, 3.05) is 20.1 Å². The van der Waals surface area contributed by atoms with E-state index in [2.05, 4.69) is 26.9 Å². The molecule has 4 rings (SSSR count). The Morgan fingerprint density at radius 2 is 2.22 bits per heavy atom. The molecule has 23 heavy (non-hydrogen) atoms. The summed E-state index contributed by atoms with van der Waals surface area (Å²) in [5.41, 5.74) is 0.881. The first-order valence-corrected chi connectivity index (χ1v) is 7.47. The fourth-order valence-corrected chi connectivity index (χ4v) is 3.58. The summed E-state index contributed by atoms with van der Waals surface area (Å²) < 4.78 is 29.1. The van der Waals surface area contributed by atoms with Gasteiger partial charge in [0.2, 0.25) is 0 Å². The minimum absolute atomic E-state index is 0.0191. The quantitative estimate of drug-likeness (QED) is 0.934. The number of likely N-dealkylation sites (N-methyl/N-ethyl adjacent to an activating group) is 1. The van der Waals surface area contributed by atoms with Gasteiger partial charge in [-0.1, -0.05) is 0 Å². The third-order valence-corrected chi connectivity index (χ3v) is 4.74. The fraction of sp³-hybridized carbons (Fsp3) is 0.467. The highest BCUT2D eigenvalue weighted by Gasteiger charge is 2.44. The number of halogens is 2. The Morgan fingerprint density at radius 3 is 2.87 bits per heavy atom. The van der Waals surface area contributed by atoms with Crippen molar-refractivity contribution in [2.24, 2.45) is 0 Å². The van der Waals surface area contributed by atoms with Gasteiger partial charge in [0.25, 0.3) is 5.91 Å². The molecule has 2 atom stereocenters. The molecule has 1 N–H and O–H groups in total. The van der Waals surface area contributed by atoms with E-state index in [0.717, 1.165) is 13.0 Å². The molecule has 1 aromatic heterocycles. The van der Waals surface area contributed by atoms with E-state index in [-0.39, 0.29) is 23.4 Å². The molecular weight excluding hydrogens is 306 g/mol. The Kier molecular flexibility index (Phi) is 3.22. The van der Waals surface area contributed by atoms with E-state index < -0.39 is 6.61 Å². The third-order valence-electron chi connectivity index (χ3n) is 4.74. The maximum absolute atomic E-state index is 12.8. The molecule has 2 aliphatic heterocycles. The number of carbonyl (C=O) groups excluding carboxylic acids is 1. The smallest absolute Gasteiger partial charge is 0.387 e. The van der Waals surface area contributed by atoms with Gasteiger partial charge in [-0.2, -0.15) is 13.9 Å². The number of rotatable bonds is 3. The number of piperazine rings is 1. The molecule has 0 radical (unpaired) electrons. The van der Waals surface area contributed by atoms with E-state index in [9.17, 15) is 13.6 Å². The van der Waals surface area contributed by atoms with Gasteiger partial charge < -0.3 is 9.64 Å². The van der Waals surface area contributed by atoms with Crippen molar-refractivity contribution in [3.8, 4) is 5.75 Å². The first-order chi connectivity index (χ1) is 11.0. The lowest BCUT2D eigenvalue weighted by atomic mass is 10.1. The summed E-state index contributed by atoms with van der Waals surface area (Å²) in [6.07, 6.45) is 0.977. The number of nitrogens with zero attached hydrogens (tertiary/aromatic N) is 3. The van der Waals surface area contributed by atoms with E-state index >= 15 is 0 Å². The normalized spacial score (nSPS) is 24.1. The molecule has 6 nitrogen and oxygen atoms in total. The second-order valence-electron chi connectivity index (χ2n) is 6.10. The Balaban J connectivity index is 1.64. The van der Waals surface area contributed by atoms with Crippen LogP contribution in [0.1, 0.15) is 16.9 Å². The first-order valence-electron chi connectivity index (χ1n) is 7.47. The zero-order valence-electron chi connectivity index (χ0n) is 12.5. The number of fused-ring (bicyclic) bond motifs is 3. The maximum atomic E-state index is 12.8. The molecule has 3 heterocycles. The minimum Gasteiger partial charge on any atom is -0.435 e. The summed E-state index contributed by atoms with van der Waals surface area (Å²) in [6.45, 7) is -1.36. The van der Waals surface area contributed by atoms with Gasteiger partial charge >= 0.3 is 6.61 Å². The first kappa shape index (κ1) is 14.4. The number of hydrogen-bond acceptors (Lipinski definition) is 4. The van der Waals surface area contributed by atoms with Gasteiger partial charge in [0.1, 0.15) is 5.75 Å². The molecule has 2 aliphatic rings. The van der Waals surface area contributed by atoms with Gasteiger partial charge in [0.05, 0.1) is 5.52 Å². The largest absolute Gasteiger partial charge is 0.435 e. The molecule has 122 valence electrons. The van der Waals surface area contributed by atoms with Gasteiger partial charge in [-0.3, -0.25) is 14.8 Å². The molecule has 0 unspecified atom stereocenters. The Bertz CT molecular complexity index is 761. The number of carbonyl (C=O) groups is 1. The summed E-state index contributed by atoms with van der Waals surface area (Å²) in [7, 11) is 2.06. The molecule has 2 aromatic rings. The van der Waals surface area contributed by atoms with Crippen molar-refractivity contribution in [2.45, 2.75) is 25.1 Å². The lowest BCUT2D eigenvalue weighted by Gasteiger charge is -2.31. The van der Waals surface area contributed by atoms with E-state index in [1.54, 1.807) is 6.07 Å². The van der Waals surface area contributed by atoms with Crippen LogP contribution in [0.5, 0.6) is 5.75 Å². The molecule has 8 heteroatoms. The predicted molar refractivity (Wildman–Crippen MR) is 78.6 cm³/mol. The van der Waals surface area contributed by atoms with Crippen LogP contribution in [0.15, 0.2) is 18.2 Å². The number of aromatic nitrogens is 2. The third kappa shape index (κ3) is 2.33. The molecule has 2 bridgehead atoms. The average Bonchev–Trinajstić information content (AvgIpc) is 3.18. The van der Waals surface area contributed by atoms with E-state index in [1.165, 1.54) is 12.1 Å². The monoisotopic (exact) mass is 322 g/mol. The van der Waals surface area contributed by atoms with Gasteiger partial charge in [-0.15, -0.1) is 0 Å². The molecule has 0 aliphatic carbocycles. The molecule has 0 spiro atoms. The highest BCUT2D eigenvalue weighted by atomic mass is 19.3. The molecule has 0 saturated carbocycles. The van der Waals surface area contributed by atoms with Crippen molar-refractivity contribution in [3.05, 3.63) is 23.9 Å². The Labute approximate surface area is 131 Å². The predicted octanol–water partition coefficient (Wildman–Crippen LogP) is 1.69. The van der Waals surface area contributed by atoms with Crippen LogP contribution < -0.4 is 4.74 Å². The summed E-state index contributed by atoms with van der Waals surface area (Å²) in [5, 5.41) is 7.37. The van der Waals surface area contributed by atoms with E-state index in [0.29, 0.717) is 23.5 Å². The average molecular weight is 322 g/mol. The minimum atomic E-state index is -2.90. The Hall–Kier alpha value is -2.22. The number of nitrogens with one attached hydrogen (secondary N) is 1. The number of benzene rings is 1. The zero-order chi connectivity index (χ0) is 16.1.